The number of hydrogen-bond donors (Lipinski definition) is 1. The highest BCUT2D eigenvalue weighted by Crippen LogP contribution is 2.55. The van der Waals surface area contributed by atoms with Crippen molar-refractivity contribution in [3.63, 3.8) is 0 Å². The molecule has 0 atom stereocenters. The predicted octanol–water partition coefficient (Wildman–Crippen LogP) is 5.92. The molecule has 0 heterocycles. The van der Waals surface area contributed by atoms with E-state index in [2.05, 4.69) is 5.32 Å². The first kappa shape index (κ1) is 20.3. The molecule has 0 unspecified atom stereocenters. The van der Waals surface area contributed by atoms with E-state index >= 15 is 0 Å². The van der Waals surface area contributed by atoms with Gasteiger partial charge in [0.2, 0.25) is 0 Å². The first-order chi connectivity index (χ1) is 13.4. The molecule has 160 valence electrons. The minimum absolute atomic E-state index is 0.0546. The zero-order valence-electron chi connectivity index (χ0n) is 15.5. The van der Waals surface area contributed by atoms with Crippen LogP contribution in [0.2, 0.25) is 0 Å². The van der Waals surface area contributed by atoms with Gasteiger partial charge in [0.15, 0.2) is 0 Å². The summed E-state index contributed by atoms with van der Waals surface area (Å²) < 4.78 is 82.6. The predicted molar refractivity (Wildman–Crippen MR) is 90.7 cm³/mol. The molecule has 4 aliphatic carbocycles. The minimum Gasteiger partial charge on any atom is -0.445 e. The largest absolute Gasteiger partial charge is 0.445 e. The number of rotatable bonds is 3. The third-order valence-corrected chi connectivity index (χ3v) is 6.42. The van der Waals surface area contributed by atoms with E-state index in [1.807, 2.05) is 0 Å². The highest BCUT2D eigenvalue weighted by Gasteiger charge is 2.51. The Morgan fingerprint density at radius 3 is 1.76 bits per heavy atom. The van der Waals surface area contributed by atoms with Gasteiger partial charge in [0.05, 0.1) is 11.1 Å². The maximum absolute atomic E-state index is 12.9. The molecule has 29 heavy (non-hydrogen) atoms. The SMILES string of the molecule is O=C(NC12CC3CC(CC(C3)C1)C2)OCc1cc(C(F)(F)F)cc(C(F)(F)F)c1. The summed E-state index contributed by atoms with van der Waals surface area (Å²) in [5.74, 6) is 1.71. The highest BCUT2D eigenvalue weighted by atomic mass is 19.4. The van der Waals surface area contributed by atoms with E-state index in [1.54, 1.807) is 0 Å². The zero-order chi connectivity index (χ0) is 21.0. The first-order valence-corrected chi connectivity index (χ1v) is 9.65. The van der Waals surface area contributed by atoms with Gasteiger partial charge in [0.25, 0.3) is 0 Å². The van der Waals surface area contributed by atoms with Crippen LogP contribution in [0.5, 0.6) is 0 Å². The van der Waals surface area contributed by atoms with Gasteiger partial charge in [0.1, 0.15) is 6.61 Å². The Morgan fingerprint density at radius 2 is 1.34 bits per heavy atom. The van der Waals surface area contributed by atoms with E-state index in [4.69, 9.17) is 4.74 Å². The summed E-state index contributed by atoms with van der Waals surface area (Å²) in [5, 5.41) is 2.88. The Kier molecular flexibility index (Phi) is 4.77. The molecular formula is C20H21F6NO2. The second-order valence-electron chi connectivity index (χ2n) is 8.81. The lowest BCUT2D eigenvalue weighted by molar-refractivity contribution is -0.143. The smallest absolute Gasteiger partial charge is 0.416 e. The maximum Gasteiger partial charge on any atom is 0.416 e. The number of carbonyl (C=O) groups excluding carboxylic acids is 1. The van der Waals surface area contributed by atoms with Gasteiger partial charge in [0, 0.05) is 5.54 Å². The summed E-state index contributed by atoms with van der Waals surface area (Å²) in [6.45, 7) is -0.662. The van der Waals surface area contributed by atoms with Crippen molar-refractivity contribution in [1.82, 2.24) is 5.32 Å². The Labute approximate surface area is 163 Å². The Bertz CT molecular complexity index is 734. The van der Waals surface area contributed by atoms with Crippen molar-refractivity contribution in [2.75, 3.05) is 0 Å². The Balaban J connectivity index is 1.44. The van der Waals surface area contributed by atoms with Gasteiger partial charge in [-0.2, -0.15) is 26.3 Å². The van der Waals surface area contributed by atoms with Crippen LogP contribution in [0.4, 0.5) is 31.1 Å². The first-order valence-electron chi connectivity index (χ1n) is 9.65. The van der Waals surface area contributed by atoms with Crippen molar-refractivity contribution < 1.29 is 35.9 Å². The maximum atomic E-state index is 12.9. The van der Waals surface area contributed by atoms with Gasteiger partial charge in [-0.05, 0) is 80.0 Å². The normalized spacial score (nSPS) is 31.0. The molecule has 4 saturated carbocycles. The molecule has 3 nitrogen and oxygen atoms in total. The number of hydrogen-bond acceptors (Lipinski definition) is 2. The molecule has 0 aromatic heterocycles. The van der Waals surface area contributed by atoms with Crippen LogP contribution in [0.1, 0.15) is 55.2 Å². The van der Waals surface area contributed by atoms with E-state index < -0.39 is 36.2 Å². The van der Waals surface area contributed by atoms with Crippen LogP contribution in [0.3, 0.4) is 0 Å². The van der Waals surface area contributed by atoms with Crippen LogP contribution >= 0.6 is 0 Å². The topological polar surface area (TPSA) is 38.3 Å². The van der Waals surface area contributed by atoms with Gasteiger partial charge in [-0.15, -0.1) is 0 Å². The summed E-state index contributed by atoms with van der Waals surface area (Å²) in [4.78, 5) is 12.3. The summed E-state index contributed by atoms with van der Waals surface area (Å²) in [5.41, 5.74) is -3.55. The number of amides is 1. The Morgan fingerprint density at radius 1 is 0.897 bits per heavy atom. The molecule has 1 aromatic carbocycles. The molecule has 5 rings (SSSR count). The van der Waals surface area contributed by atoms with Gasteiger partial charge in [-0.3, -0.25) is 0 Å². The highest BCUT2D eigenvalue weighted by molar-refractivity contribution is 5.68. The van der Waals surface area contributed by atoms with Crippen molar-refractivity contribution in [3.05, 3.63) is 34.9 Å². The van der Waals surface area contributed by atoms with Crippen molar-refractivity contribution >= 4 is 6.09 Å². The molecule has 0 saturated heterocycles. The van der Waals surface area contributed by atoms with Crippen LogP contribution in [0, 0.1) is 17.8 Å². The van der Waals surface area contributed by atoms with Gasteiger partial charge < -0.3 is 10.1 Å². The van der Waals surface area contributed by atoms with Crippen LogP contribution in [-0.4, -0.2) is 11.6 Å². The molecule has 1 N–H and O–H groups in total. The number of ether oxygens (including phenoxy) is 1. The van der Waals surface area contributed by atoms with E-state index in [9.17, 15) is 31.1 Å². The fraction of sp³-hybridized carbons (Fsp3) is 0.650. The van der Waals surface area contributed by atoms with Gasteiger partial charge in [-0.25, -0.2) is 4.79 Å². The monoisotopic (exact) mass is 421 g/mol. The van der Waals surface area contributed by atoms with Crippen LogP contribution in [-0.2, 0) is 23.7 Å². The number of carbonyl (C=O) groups is 1. The van der Waals surface area contributed by atoms with Crippen LogP contribution < -0.4 is 5.32 Å². The minimum atomic E-state index is -4.93. The molecule has 1 aromatic rings. The second-order valence-corrected chi connectivity index (χ2v) is 8.81. The molecule has 1 amide bonds. The lowest BCUT2D eigenvalue weighted by atomic mass is 9.53. The zero-order valence-corrected chi connectivity index (χ0v) is 15.5. The number of alkyl carbamates (subject to hydrolysis) is 1. The second kappa shape index (κ2) is 6.80. The number of alkyl halides is 6. The molecule has 4 fully saturated rings. The number of halogens is 6. The van der Waals surface area contributed by atoms with Crippen molar-refractivity contribution in [1.29, 1.82) is 0 Å². The summed E-state index contributed by atoms with van der Waals surface area (Å²) in [6.07, 6.45) is -4.59. The van der Waals surface area contributed by atoms with Crippen LogP contribution in [0.25, 0.3) is 0 Å². The molecule has 0 radical (unpaired) electrons. The number of nitrogens with one attached hydrogen (secondary N) is 1. The van der Waals surface area contributed by atoms with Crippen LogP contribution in [0.15, 0.2) is 18.2 Å². The molecule has 4 bridgehead atoms. The lowest BCUT2D eigenvalue weighted by Crippen LogP contribution is -2.59. The average Bonchev–Trinajstić information content (AvgIpc) is 2.56. The third-order valence-electron chi connectivity index (χ3n) is 6.42. The quantitative estimate of drug-likeness (QED) is 0.616. The summed E-state index contributed by atoms with van der Waals surface area (Å²) in [7, 11) is 0. The Hall–Kier alpha value is -1.93. The van der Waals surface area contributed by atoms with E-state index in [0.29, 0.717) is 29.9 Å². The molecule has 0 aliphatic heterocycles. The van der Waals surface area contributed by atoms with Gasteiger partial charge >= 0.3 is 18.4 Å². The molecule has 4 aliphatic rings. The fourth-order valence-electron chi connectivity index (χ4n) is 5.77. The third kappa shape index (κ3) is 4.33. The average molecular weight is 421 g/mol. The molecule has 9 heteroatoms. The molecular weight excluding hydrogens is 400 g/mol. The van der Waals surface area contributed by atoms with Crippen molar-refractivity contribution in [3.8, 4) is 0 Å². The lowest BCUT2D eigenvalue weighted by Gasteiger charge is -2.56. The summed E-state index contributed by atoms with van der Waals surface area (Å²) in [6, 6.07) is 1.21. The molecule has 0 spiro atoms. The van der Waals surface area contributed by atoms with E-state index in [-0.39, 0.29) is 17.2 Å². The van der Waals surface area contributed by atoms with Crippen molar-refractivity contribution in [2.24, 2.45) is 17.8 Å². The number of benzene rings is 1. The summed E-state index contributed by atoms with van der Waals surface area (Å²) >= 11 is 0. The van der Waals surface area contributed by atoms with Gasteiger partial charge in [-0.1, -0.05) is 0 Å². The fourth-order valence-corrected chi connectivity index (χ4v) is 5.77. The standard InChI is InChI=1S/C20H21F6NO2/c21-19(22,23)15-4-14(5-16(6-15)20(24,25)26)10-29-17(28)27-18-7-11-1-12(8-18)3-13(2-11)9-18/h4-6,11-13H,1-3,7-10H2,(H,27,28). The van der Waals surface area contributed by atoms with E-state index in [1.165, 1.54) is 19.3 Å². The van der Waals surface area contributed by atoms with E-state index in [0.717, 1.165) is 19.3 Å². The van der Waals surface area contributed by atoms with Crippen molar-refractivity contribution in [2.45, 2.75) is 63.0 Å².